The molecule has 0 saturated heterocycles. The fourth-order valence-electron chi connectivity index (χ4n) is 2.50. The quantitative estimate of drug-likeness (QED) is 0.496. The number of ether oxygens (including phenoxy) is 1. The van der Waals surface area contributed by atoms with Crippen LogP contribution in [0.2, 0.25) is 0 Å². The fraction of sp³-hybridized carbons (Fsp3) is 0.250. The second-order valence-corrected chi connectivity index (χ2v) is 9.50. The predicted octanol–water partition coefficient (Wildman–Crippen LogP) is 5.19. The van der Waals surface area contributed by atoms with Crippen LogP contribution in [0.3, 0.4) is 0 Å². The lowest BCUT2D eigenvalue weighted by Crippen LogP contribution is -2.15. The van der Waals surface area contributed by atoms with Crippen molar-refractivity contribution in [3.63, 3.8) is 0 Å². The molecular weight excluding hydrogens is 410 g/mol. The molecule has 0 aliphatic heterocycles. The Morgan fingerprint density at radius 2 is 1.68 bits per heavy atom. The van der Waals surface area contributed by atoms with Crippen LogP contribution in [0, 0.1) is 13.8 Å². The number of aromatic nitrogens is 2. The van der Waals surface area contributed by atoms with Crippen molar-refractivity contribution >= 4 is 46.5 Å². The Morgan fingerprint density at radius 1 is 1.04 bits per heavy atom. The minimum Gasteiger partial charge on any atom is -0.497 e. The number of methoxy groups -OCH3 is 1. The zero-order valence-corrected chi connectivity index (χ0v) is 18.3. The summed E-state index contributed by atoms with van der Waals surface area (Å²) < 4.78 is 6.87. The summed E-state index contributed by atoms with van der Waals surface area (Å²) in [5, 5.41) is 11.4. The van der Waals surface area contributed by atoms with Crippen LogP contribution in [0.25, 0.3) is 0 Å². The minimum atomic E-state index is -0.0370. The topological polar surface area (TPSA) is 64.1 Å². The van der Waals surface area contributed by atoms with Gasteiger partial charge in [-0.1, -0.05) is 65.2 Å². The zero-order valence-electron chi connectivity index (χ0n) is 15.9. The first-order valence-electron chi connectivity index (χ1n) is 8.63. The standard InChI is InChI=1S/C20H21N3O2S3/c1-13-5-4-6-14(2)18(13)21-17(24)12-27-20-23-22-19(28-20)26-11-15-7-9-16(25-3)10-8-15/h4-10H,11-12H2,1-3H3,(H,21,24). The zero-order chi connectivity index (χ0) is 19.9. The molecule has 1 N–H and O–H groups in total. The van der Waals surface area contributed by atoms with Gasteiger partial charge in [-0.15, -0.1) is 10.2 Å². The van der Waals surface area contributed by atoms with Gasteiger partial charge in [0.15, 0.2) is 8.68 Å². The number of amides is 1. The van der Waals surface area contributed by atoms with Gasteiger partial charge in [0, 0.05) is 11.4 Å². The van der Waals surface area contributed by atoms with E-state index in [1.807, 2.05) is 56.3 Å². The van der Waals surface area contributed by atoms with E-state index in [0.29, 0.717) is 5.75 Å². The SMILES string of the molecule is COc1ccc(CSc2nnc(SCC(=O)Nc3c(C)cccc3C)s2)cc1. The highest BCUT2D eigenvalue weighted by molar-refractivity contribution is 8.03. The van der Waals surface area contributed by atoms with Crippen LogP contribution in [-0.4, -0.2) is 29.0 Å². The third-order valence-electron chi connectivity index (χ3n) is 3.98. The Balaban J connectivity index is 1.48. The molecule has 1 amide bonds. The molecule has 3 aromatic rings. The van der Waals surface area contributed by atoms with E-state index in [-0.39, 0.29) is 5.91 Å². The molecule has 2 aromatic carbocycles. The number of aryl methyl sites for hydroxylation is 2. The van der Waals surface area contributed by atoms with Gasteiger partial charge in [-0.05, 0) is 42.7 Å². The van der Waals surface area contributed by atoms with Gasteiger partial charge in [-0.25, -0.2) is 0 Å². The first-order valence-corrected chi connectivity index (χ1v) is 11.4. The van der Waals surface area contributed by atoms with Crippen molar-refractivity contribution in [2.24, 2.45) is 0 Å². The number of carbonyl (C=O) groups is 1. The first kappa shape index (κ1) is 20.7. The lowest BCUT2D eigenvalue weighted by molar-refractivity contribution is -0.113. The fourth-order valence-corrected chi connectivity index (χ4v) is 5.27. The monoisotopic (exact) mass is 431 g/mol. The molecule has 5 nitrogen and oxygen atoms in total. The molecule has 8 heteroatoms. The van der Waals surface area contributed by atoms with Crippen molar-refractivity contribution in [3.05, 3.63) is 59.2 Å². The average molecular weight is 432 g/mol. The summed E-state index contributed by atoms with van der Waals surface area (Å²) in [6.07, 6.45) is 0. The van der Waals surface area contributed by atoms with Gasteiger partial charge in [-0.3, -0.25) is 4.79 Å². The van der Waals surface area contributed by atoms with Crippen LogP contribution in [0.15, 0.2) is 51.1 Å². The number of hydrogen-bond acceptors (Lipinski definition) is 7. The van der Waals surface area contributed by atoms with E-state index in [1.54, 1.807) is 18.9 Å². The number of carbonyl (C=O) groups excluding carboxylic acids is 1. The van der Waals surface area contributed by atoms with E-state index >= 15 is 0 Å². The summed E-state index contributed by atoms with van der Waals surface area (Å²) in [6, 6.07) is 14.0. The largest absolute Gasteiger partial charge is 0.497 e. The number of para-hydroxylation sites is 1. The van der Waals surface area contributed by atoms with E-state index in [4.69, 9.17) is 4.74 Å². The third-order valence-corrected chi connectivity index (χ3v) is 7.24. The molecule has 0 fully saturated rings. The van der Waals surface area contributed by atoms with Crippen LogP contribution < -0.4 is 10.1 Å². The summed E-state index contributed by atoms with van der Waals surface area (Å²) in [7, 11) is 1.66. The van der Waals surface area contributed by atoms with Crippen LogP contribution in [-0.2, 0) is 10.5 Å². The van der Waals surface area contributed by atoms with Crippen LogP contribution in [0.1, 0.15) is 16.7 Å². The first-order chi connectivity index (χ1) is 13.5. The highest BCUT2D eigenvalue weighted by Gasteiger charge is 2.11. The van der Waals surface area contributed by atoms with Gasteiger partial charge < -0.3 is 10.1 Å². The van der Waals surface area contributed by atoms with Crippen molar-refractivity contribution < 1.29 is 9.53 Å². The van der Waals surface area contributed by atoms with Crippen molar-refractivity contribution in [1.82, 2.24) is 10.2 Å². The molecule has 0 aliphatic carbocycles. The maximum atomic E-state index is 12.3. The number of nitrogens with one attached hydrogen (secondary N) is 1. The van der Waals surface area contributed by atoms with E-state index in [9.17, 15) is 4.79 Å². The van der Waals surface area contributed by atoms with Gasteiger partial charge in [-0.2, -0.15) is 0 Å². The minimum absolute atomic E-state index is 0.0370. The smallest absolute Gasteiger partial charge is 0.234 e. The predicted molar refractivity (Wildman–Crippen MR) is 118 cm³/mol. The molecule has 0 unspecified atom stereocenters. The van der Waals surface area contributed by atoms with E-state index < -0.39 is 0 Å². The maximum absolute atomic E-state index is 12.3. The second-order valence-electron chi connectivity index (χ2n) is 6.07. The average Bonchev–Trinajstić information content (AvgIpc) is 3.16. The lowest BCUT2D eigenvalue weighted by Gasteiger charge is -2.10. The Morgan fingerprint density at radius 3 is 2.32 bits per heavy atom. The third kappa shape index (κ3) is 5.73. The van der Waals surface area contributed by atoms with Crippen molar-refractivity contribution in [2.45, 2.75) is 28.3 Å². The molecule has 1 heterocycles. The van der Waals surface area contributed by atoms with E-state index in [1.165, 1.54) is 28.7 Å². The summed E-state index contributed by atoms with van der Waals surface area (Å²) in [4.78, 5) is 12.3. The molecule has 146 valence electrons. The molecule has 0 radical (unpaired) electrons. The number of benzene rings is 2. The summed E-state index contributed by atoms with van der Waals surface area (Å²) >= 11 is 4.56. The molecule has 28 heavy (non-hydrogen) atoms. The van der Waals surface area contributed by atoms with E-state index in [2.05, 4.69) is 15.5 Å². The molecule has 0 atom stereocenters. The molecular formula is C20H21N3O2S3. The Hall–Kier alpha value is -2.03. The van der Waals surface area contributed by atoms with Gasteiger partial charge in [0.2, 0.25) is 5.91 Å². The lowest BCUT2D eigenvalue weighted by atomic mass is 10.1. The molecule has 3 rings (SSSR count). The molecule has 1 aromatic heterocycles. The maximum Gasteiger partial charge on any atom is 0.234 e. The van der Waals surface area contributed by atoms with Gasteiger partial charge in [0.1, 0.15) is 5.75 Å². The Labute approximate surface area is 177 Å². The van der Waals surface area contributed by atoms with Crippen molar-refractivity contribution in [1.29, 1.82) is 0 Å². The number of thioether (sulfide) groups is 2. The van der Waals surface area contributed by atoms with Crippen molar-refractivity contribution in [3.8, 4) is 5.75 Å². The summed E-state index contributed by atoms with van der Waals surface area (Å²) in [5.74, 6) is 1.94. The molecule has 0 bridgehead atoms. The van der Waals surface area contributed by atoms with Crippen molar-refractivity contribution in [2.75, 3.05) is 18.2 Å². The number of hydrogen-bond donors (Lipinski definition) is 1. The molecule has 0 saturated carbocycles. The Bertz CT molecular complexity index is 922. The summed E-state index contributed by atoms with van der Waals surface area (Å²) in [5.41, 5.74) is 4.21. The highest BCUT2D eigenvalue weighted by Crippen LogP contribution is 2.31. The second kappa shape index (κ2) is 9.95. The number of nitrogens with zero attached hydrogens (tertiary/aromatic N) is 2. The van der Waals surface area contributed by atoms with Crippen LogP contribution in [0.5, 0.6) is 5.75 Å². The normalized spacial score (nSPS) is 10.7. The Kier molecular flexibility index (Phi) is 7.36. The van der Waals surface area contributed by atoms with Gasteiger partial charge in [0.05, 0.1) is 12.9 Å². The number of rotatable bonds is 8. The summed E-state index contributed by atoms with van der Waals surface area (Å²) in [6.45, 7) is 3.99. The van der Waals surface area contributed by atoms with Crippen LogP contribution >= 0.6 is 34.9 Å². The highest BCUT2D eigenvalue weighted by atomic mass is 32.2. The van der Waals surface area contributed by atoms with Gasteiger partial charge in [0.25, 0.3) is 0 Å². The number of anilines is 1. The van der Waals surface area contributed by atoms with E-state index in [0.717, 1.165) is 37.0 Å². The van der Waals surface area contributed by atoms with Crippen LogP contribution in [0.4, 0.5) is 5.69 Å². The molecule has 0 spiro atoms. The molecule has 0 aliphatic rings. The van der Waals surface area contributed by atoms with Gasteiger partial charge >= 0.3 is 0 Å².